The van der Waals surface area contributed by atoms with Gasteiger partial charge in [-0.05, 0) is 57.0 Å². The number of aryl methyl sites for hydroxylation is 2. The first kappa shape index (κ1) is 26.0. The Balaban J connectivity index is 1.75. The predicted molar refractivity (Wildman–Crippen MR) is 141 cm³/mol. The lowest BCUT2D eigenvalue weighted by atomic mass is 9.62. The monoisotopic (exact) mass is 484 g/mol. The quantitative estimate of drug-likeness (QED) is 0.532. The molecule has 2 N–H and O–H groups in total. The van der Waals surface area contributed by atoms with Gasteiger partial charge >= 0.3 is 0 Å². The topological polar surface area (TPSA) is 82.4 Å². The molecule has 0 amide bonds. The zero-order chi connectivity index (χ0) is 26.3. The Morgan fingerprint density at radius 1 is 1.00 bits per heavy atom. The van der Waals surface area contributed by atoms with E-state index >= 15 is 0 Å². The molecule has 36 heavy (non-hydrogen) atoms. The van der Waals surface area contributed by atoms with Crippen LogP contribution in [0.4, 0.5) is 0 Å². The van der Waals surface area contributed by atoms with Crippen LogP contribution in [0.3, 0.4) is 0 Å². The number of pyridine rings is 1. The van der Waals surface area contributed by atoms with Crippen LogP contribution in [0.1, 0.15) is 73.1 Å². The molecule has 4 rings (SSSR count). The summed E-state index contributed by atoms with van der Waals surface area (Å²) in [5.41, 5.74) is 1.51. The van der Waals surface area contributed by atoms with E-state index in [1.807, 2.05) is 25.1 Å². The molecule has 1 saturated heterocycles. The predicted octanol–water partition coefficient (Wildman–Crippen LogP) is 4.06. The molecule has 3 aromatic rings. The largest absolute Gasteiger partial charge is 0.380 e. The van der Waals surface area contributed by atoms with Gasteiger partial charge in [-0.15, -0.1) is 0 Å². The van der Waals surface area contributed by atoms with Crippen LogP contribution in [0.2, 0.25) is 0 Å². The molecule has 1 fully saturated rings. The fraction of sp³-hybridized carbons (Fsp3) is 0.433. The van der Waals surface area contributed by atoms with Crippen LogP contribution in [0.15, 0.2) is 48.8 Å². The van der Waals surface area contributed by atoms with Crippen LogP contribution < -0.4 is 0 Å². The SMILES string of the molecule is Cc1cc(C(C)(O)C#Cc2cncc(C(O)(c3ccc(C(C)C)cc3)C3(C)CN(C)C3)c2)nc(C)n1. The summed E-state index contributed by atoms with van der Waals surface area (Å²) in [5, 5.41) is 23.4. The molecule has 0 bridgehead atoms. The zero-order valence-corrected chi connectivity index (χ0v) is 22.3. The first-order valence-electron chi connectivity index (χ1n) is 12.4. The molecule has 1 aliphatic rings. The highest BCUT2D eigenvalue weighted by Gasteiger charge is 2.55. The van der Waals surface area contributed by atoms with E-state index < -0.39 is 16.6 Å². The van der Waals surface area contributed by atoms with Crippen molar-refractivity contribution in [3.05, 3.63) is 88.3 Å². The lowest BCUT2D eigenvalue weighted by Crippen LogP contribution is -2.63. The van der Waals surface area contributed by atoms with Crippen molar-refractivity contribution in [2.75, 3.05) is 20.1 Å². The molecule has 0 aliphatic carbocycles. The highest BCUT2D eigenvalue weighted by atomic mass is 16.3. The number of aromatic nitrogens is 3. The van der Waals surface area contributed by atoms with E-state index in [1.165, 1.54) is 5.56 Å². The van der Waals surface area contributed by atoms with E-state index in [0.717, 1.165) is 24.3 Å². The fourth-order valence-corrected chi connectivity index (χ4v) is 5.28. The maximum atomic E-state index is 12.4. The number of aliphatic hydroxyl groups is 2. The van der Waals surface area contributed by atoms with Gasteiger partial charge in [0.15, 0.2) is 5.60 Å². The summed E-state index contributed by atoms with van der Waals surface area (Å²) in [6.45, 7) is 13.2. The van der Waals surface area contributed by atoms with Crippen molar-refractivity contribution in [1.82, 2.24) is 19.9 Å². The number of hydrogen-bond donors (Lipinski definition) is 2. The third-order valence-corrected chi connectivity index (χ3v) is 7.18. The minimum absolute atomic E-state index is 0.393. The summed E-state index contributed by atoms with van der Waals surface area (Å²) in [7, 11) is 2.06. The maximum absolute atomic E-state index is 12.4. The molecule has 1 aromatic carbocycles. The molecule has 6 heteroatoms. The summed E-state index contributed by atoms with van der Waals surface area (Å²) >= 11 is 0. The van der Waals surface area contributed by atoms with Gasteiger partial charge in [0.25, 0.3) is 0 Å². The first-order chi connectivity index (χ1) is 16.8. The molecule has 6 nitrogen and oxygen atoms in total. The number of nitrogens with zero attached hydrogens (tertiary/aromatic N) is 4. The molecule has 188 valence electrons. The van der Waals surface area contributed by atoms with Gasteiger partial charge in [0.05, 0.1) is 5.69 Å². The molecular formula is C30H36N4O2. The lowest BCUT2D eigenvalue weighted by molar-refractivity contribution is -0.127. The Morgan fingerprint density at radius 3 is 2.25 bits per heavy atom. The average molecular weight is 485 g/mol. The van der Waals surface area contributed by atoms with Crippen molar-refractivity contribution in [1.29, 1.82) is 0 Å². The van der Waals surface area contributed by atoms with Gasteiger partial charge in [0.2, 0.25) is 0 Å². The number of likely N-dealkylation sites (tertiary alicyclic amines) is 1. The van der Waals surface area contributed by atoms with Crippen molar-refractivity contribution in [2.24, 2.45) is 5.41 Å². The third-order valence-electron chi connectivity index (χ3n) is 7.18. The molecule has 0 spiro atoms. The molecule has 0 saturated carbocycles. The van der Waals surface area contributed by atoms with Crippen LogP contribution in [-0.4, -0.2) is 50.2 Å². The Kier molecular flexibility index (Phi) is 6.78. The van der Waals surface area contributed by atoms with Crippen molar-refractivity contribution in [2.45, 2.75) is 58.7 Å². The molecule has 1 aliphatic heterocycles. The summed E-state index contributed by atoms with van der Waals surface area (Å²) in [6.07, 6.45) is 3.38. The normalized spacial score (nSPS) is 18.5. The average Bonchev–Trinajstić information content (AvgIpc) is 2.81. The van der Waals surface area contributed by atoms with Gasteiger partial charge < -0.3 is 15.1 Å². The van der Waals surface area contributed by atoms with Crippen LogP contribution in [0, 0.1) is 31.1 Å². The highest BCUT2D eigenvalue weighted by Crippen LogP contribution is 2.50. The van der Waals surface area contributed by atoms with Gasteiger partial charge in [0, 0.05) is 47.7 Å². The fourth-order valence-electron chi connectivity index (χ4n) is 5.28. The second kappa shape index (κ2) is 9.40. The van der Waals surface area contributed by atoms with E-state index in [0.29, 0.717) is 28.6 Å². The standard InChI is InChI=1S/C30H36N4O2/c1-20(2)24-8-10-25(11-9-24)30(36,28(5)18-34(7)19-28)26-15-23(16-31-17-26)12-13-29(6,35)27-14-21(3)32-22(4)33-27/h8-11,14-17,20,35-36H,18-19H2,1-7H3. The second-order valence-electron chi connectivity index (χ2n) is 10.9. The first-order valence-corrected chi connectivity index (χ1v) is 12.4. The van der Waals surface area contributed by atoms with Crippen LogP contribution in [0.25, 0.3) is 0 Å². The Bertz CT molecular complexity index is 1290. The molecule has 2 unspecified atom stereocenters. The van der Waals surface area contributed by atoms with E-state index in [1.54, 1.807) is 32.3 Å². The Hall–Kier alpha value is -3.11. The Labute approximate surface area is 214 Å². The molecular weight excluding hydrogens is 448 g/mol. The highest BCUT2D eigenvalue weighted by molar-refractivity contribution is 5.45. The van der Waals surface area contributed by atoms with Gasteiger partial charge in [0.1, 0.15) is 11.4 Å². The Morgan fingerprint density at radius 2 is 1.67 bits per heavy atom. The van der Waals surface area contributed by atoms with E-state index in [2.05, 4.69) is 71.6 Å². The van der Waals surface area contributed by atoms with Gasteiger partial charge in [-0.2, -0.15) is 0 Å². The van der Waals surface area contributed by atoms with Gasteiger partial charge in [-0.3, -0.25) is 4.98 Å². The maximum Gasteiger partial charge on any atom is 0.165 e. The van der Waals surface area contributed by atoms with Crippen LogP contribution in [-0.2, 0) is 11.2 Å². The van der Waals surface area contributed by atoms with Crippen LogP contribution in [0.5, 0.6) is 0 Å². The third kappa shape index (κ3) is 4.79. The summed E-state index contributed by atoms with van der Waals surface area (Å²) in [6, 6.07) is 11.9. The van der Waals surface area contributed by atoms with Crippen molar-refractivity contribution in [3.8, 4) is 11.8 Å². The second-order valence-corrected chi connectivity index (χ2v) is 10.9. The summed E-state index contributed by atoms with van der Waals surface area (Å²) in [4.78, 5) is 15.3. The summed E-state index contributed by atoms with van der Waals surface area (Å²) < 4.78 is 0. The minimum Gasteiger partial charge on any atom is -0.380 e. The number of benzene rings is 1. The smallest absolute Gasteiger partial charge is 0.165 e. The molecule has 0 radical (unpaired) electrons. The minimum atomic E-state index is -1.46. The van der Waals surface area contributed by atoms with E-state index in [9.17, 15) is 10.2 Å². The summed E-state index contributed by atoms with van der Waals surface area (Å²) in [5.74, 6) is 7.00. The molecule has 3 heterocycles. The van der Waals surface area contributed by atoms with Crippen molar-refractivity contribution in [3.63, 3.8) is 0 Å². The zero-order valence-electron chi connectivity index (χ0n) is 22.3. The molecule has 2 atom stereocenters. The van der Waals surface area contributed by atoms with Crippen molar-refractivity contribution >= 4 is 0 Å². The number of rotatable bonds is 5. The number of hydrogen-bond acceptors (Lipinski definition) is 6. The van der Waals surface area contributed by atoms with Crippen LogP contribution >= 0.6 is 0 Å². The van der Waals surface area contributed by atoms with E-state index in [-0.39, 0.29) is 0 Å². The molecule has 2 aromatic heterocycles. The van der Waals surface area contributed by atoms with Gasteiger partial charge in [-0.1, -0.05) is 56.9 Å². The lowest BCUT2D eigenvalue weighted by Gasteiger charge is -2.55. The van der Waals surface area contributed by atoms with E-state index in [4.69, 9.17) is 0 Å². The van der Waals surface area contributed by atoms with Gasteiger partial charge in [-0.25, -0.2) is 9.97 Å². The van der Waals surface area contributed by atoms with Crippen molar-refractivity contribution < 1.29 is 10.2 Å².